The second kappa shape index (κ2) is 13.8. The van der Waals surface area contributed by atoms with Crippen LogP contribution in [-0.2, 0) is 0 Å². The Kier molecular flexibility index (Phi) is 7.59. The molecule has 0 fully saturated rings. The minimum absolute atomic E-state index is 0.557. The van der Waals surface area contributed by atoms with Crippen LogP contribution in [0.1, 0.15) is 0 Å². The Labute approximate surface area is 371 Å². The zero-order valence-electron chi connectivity index (χ0n) is 34.9. The summed E-state index contributed by atoms with van der Waals surface area (Å²) in [7, 11) is 0. The molecular formula is C59H35N5O. The smallest absolute Gasteiger partial charge is 0.166 e. The van der Waals surface area contributed by atoms with Gasteiger partial charge in [-0.2, -0.15) is 0 Å². The van der Waals surface area contributed by atoms with Crippen LogP contribution in [0.3, 0.4) is 0 Å². The van der Waals surface area contributed by atoms with Crippen molar-refractivity contribution in [2.75, 3.05) is 0 Å². The Bertz CT molecular complexity index is 4150. The van der Waals surface area contributed by atoms with Crippen molar-refractivity contribution >= 4 is 87.1 Å². The summed E-state index contributed by atoms with van der Waals surface area (Å²) >= 11 is 0. The number of furan rings is 1. The second-order valence-corrected chi connectivity index (χ2v) is 16.8. The first-order chi connectivity index (χ1) is 32.2. The van der Waals surface area contributed by atoms with E-state index in [1.54, 1.807) is 0 Å². The molecule has 0 aliphatic carbocycles. The van der Waals surface area contributed by atoms with Crippen molar-refractivity contribution in [1.82, 2.24) is 24.1 Å². The molecule has 0 atom stereocenters. The molecule has 4 aromatic heterocycles. The predicted molar refractivity (Wildman–Crippen MR) is 267 cm³/mol. The SMILES string of the molecule is c1ccc(-c2nc(-c3c(-n4c5cc6ccccc6cc5c5cc6ccccc6cc54)ccc4oc5ccccc5c34)nc(-c3cccc4c3c3ccccc3n4-c3ccccc3)n2)cc1. The minimum atomic E-state index is 0.557. The topological polar surface area (TPSA) is 61.7 Å². The summed E-state index contributed by atoms with van der Waals surface area (Å²) in [6, 6.07) is 75.0. The van der Waals surface area contributed by atoms with Gasteiger partial charge >= 0.3 is 0 Å². The van der Waals surface area contributed by atoms with Crippen LogP contribution in [0, 0.1) is 0 Å². The highest BCUT2D eigenvalue weighted by atomic mass is 16.3. The Hall–Kier alpha value is -8.87. The first-order valence-electron chi connectivity index (χ1n) is 21.9. The number of benzene rings is 10. The van der Waals surface area contributed by atoms with E-state index in [2.05, 4.69) is 191 Å². The second-order valence-electron chi connectivity index (χ2n) is 16.8. The third-order valence-corrected chi connectivity index (χ3v) is 13.1. The molecule has 0 unspecified atom stereocenters. The summed E-state index contributed by atoms with van der Waals surface area (Å²) in [6.07, 6.45) is 0. The van der Waals surface area contributed by atoms with E-state index in [0.29, 0.717) is 17.5 Å². The molecule has 65 heavy (non-hydrogen) atoms. The molecule has 14 rings (SSSR count). The quantitative estimate of drug-likeness (QED) is 0.173. The molecule has 6 nitrogen and oxygen atoms in total. The van der Waals surface area contributed by atoms with E-state index >= 15 is 0 Å². The predicted octanol–water partition coefficient (Wildman–Crippen LogP) is 15.3. The van der Waals surface area contributed by atoms with Gasteiger partial charge in [-0.05, 0) is 88.3 Å². The van der Waals surface area contributed by atoms with Gasteiger partial charge in [0, 0.05) is 49.1 Å². The highest BCUT2D eigenvalue weighted by Gasteiger charge is 2.26. The fourth-order valence-corrected chi connectivity index (χ4v) is 10.3. The van der Waals surface area contributed by atoms with Gasteiger partial charge in [-0.3, -0.25) is 0 Å². The van der Waals surface area contributed by atoms with Crippen LogP contribution in [0.25, 0.3) is 133 Å². The van der Waals surface area contributed by atoms with Gasteiger partial charge in [-0.25, -0.2) is 15.0 Å². The van der Waals surface area contributed by atoms with E-state index in [1.807, 2.05) is 30.3 Å². The van der Waals surface area contributed by atoms with Gasteiger partial charge in [0.25, 0.3) is 0 Å². The van der Waals surface area contributed by atoms with Gasteiger partial charge in [0.2, 0.25) is 0 Å². The molecule has 4 heterocycles. The molecule has 0 radical (unpaired) electrons. The van der Waals surface area contributed by atoms with E-state index in [0.717, 1.165) is 82.8 Å². The third kappa shape index (κ3) is 5.38. The van der Waals surface area contributed by atoms with Crippen molar-refractivity contribution in [1.29, 1.82) is 0 Å². The molecule has 0 bridgehead atoms. The Morgan fingerprint density at radius 2 is 0.908 bits per heavy atom. The Morgan fingerprint density at radius 3 is 1.63 bits per heavy atom. The van der Waals surface area contributed by atoms with Gasteiger partial charge < -0.3 is 13.6 Å². The molecule has 6 heteroatoms. The molecule has 0 aliphatic heterocycles. The number of hydrogen-bond acceptors (Lipinski definition) is 4. The number of hydrogen-bond donors (Lipinski definition) is 0. The standard InChI is InChI=1S/C59H35N5O/c1-3-16-36(17-4-1)57-60-58(44-26-15-28-48-54(44)42-24-11-13-27-47(42)63(48)41-22-5-2-6-23-41)62-59(61-57)56-49(30-31-53-55(56)43-25-12-14-29-52(43)65-53)64-50-34-39-20-9-7-18-37(39)32-45(50)46-33-38-19-8-10-21-40(38)35-51(46)64/h1-35H. The molecule has 14 aromatic rings. The molecule has 0 saturated carbocycles. The van der Waals surface area contributed by atoms with Crippen molar-refractivity contribution in [3.05, 3.63) is 212 Å². The maximum atomic E-state index is 6.67. The summed E-state index contributed by atoms with van der Waals surface area (Å²) in [5, 5.41) is 11.2. The zero-order chi connectivity index (χ0) is 42.6. The van der Waals surface area contributed by atoms with E-state index in [1.165, 1.54) is 32.3 Å². The fraction of sp³-hybridized carbons (Fsp3) is 0. The van der Waals surface area contributed by atoms with Crippen LogP contribution in [0.2, 0.25) is 0 Å². The summed E-state index contributed by atoms with van der Waals surface area (Å²) in [5.74, 6) is 1.73. The van der Waals surface area contributed by atoms with Crippen molar-refractivity contribution in [3.8, 4) is 45.5 Å². The highest BCUT2D eigenvalue weighted by molar-refractivity contribution is 6.20. The first kappa shape index (κ1) is 35.7. The van der Waals surface area contributed by atoms with Crippen LogP contribution in [0.4, 0.5) is 0 Å². The maximum Gasteiger partial charge on any atom is 0.166 e. The number of fused-ring (bicyclic) bond motifs is 11. The van der Waals surface area contributed by atoms with Crippen LogP contribution < -0.4 is 0 Å². The van der Waals surface area contributed by atoms with Crippen molar-refractivity contribution < 1.29 is 4.42 Å². The van der Waals surface area contributed by atoms with Crippen LogP contribution in [0.5, 0.6) is 0 Å². The normalized spacial score (nSPS) is 12.0. The lowest BCUT2D eigenvalue weighted by molar-refractivity contribution is 0.669. The summed E-state index contributed by atoms with van der Waals surface area (Å²) in [5.41, 5.74) is 10.7. The highest BCUT2D eigenvalue weighted by Crippen LogP contribution is 2.45. The first-order valence-corrected chi connectivity index (χ1v) is 21.9. The lowest BCUT2D eigenvalue weighted by Crippen LogP contribution is -2.04. The van der Waals surface area contributed by atoms with Gasteiger partial charge in [-0.15, -0.1) is 0 Å². The van der Waals surface area contributed by atoms with Gasteiger partial charge in [0.15, 0.2) is 17.5 Å². The van der Waals surface area contributed by atoms with Crippen molar-refractivity contribution in [3.63, 3.8) is 0 Å². The average Bonchev–Trinajstić information content (AvgIpc) is 4.02. The van der Waals surface area contributed by atoms with E-state index in [9.17, 15) is 0 Å². The zero-order valence-corrected chi connectivity index (χ0v) is 34.9. The number of nitrogens with zero attached hydrogens (tertiary/aromatic N) is 5. The minimum Gasteiger partial charge on any atom is -0.456 e. The van der Waals surface area contributed by atoms with E-state index in [4.69, 9.17) is 19.4 Å². The largest absolute Gasteiger partial charge is 0.456 e. The van der Waals surface area contributed by atoms with Gasteiger partial charge in [0.1, 0.15) is 11.2 Å². The molecule has 0 amide bonds. The van der Waals surface area contributed by atoms with Gasteiger partial charge in [0.05, 0.1) is 33.3 Å². The molecule has 0 aliphatic rings. The summed E-state index contributed by atoms with van der Waals surface area (Å²) in [6.45, 7) is 0. The summed E-state index contributed by atoms with van der Waals surface area (Å²) < 4.78 is 11.4. The molecule has 302 valence electrons. The molecule has 10 aromatic carbocycles. The molecule has 0 N–H and O–H groups in total. The van der Waals surface area contributed by atoms with Crippen LogP contribution in [-0.4, -0.2) is 24.1 Å². The number of aromatic nitrogens is 5. The third-order valence-electron chi connectivity index (χ3n) is 13.1. The van der Waals surface area contributed by atoms with E-state index < -0.39 is 0 Å². The Balaban J connectivity index is 1.14. The number of rotatable bonds is 5. The Morgan fingerprint density at radius 1 is 0.338 bits per heavy atom. The van der Waals surface area contributed by atoms with Crippen LogP contribution >= 0.6 is 0 Å². The molecular weight excluding hydrogens is 795 g/mol. The van der Waals surface area contributed by atoms with Gasteiger partial charge in [-0.1, -0.05) is 146 Å². The lowest BCUT2D eigenvalue weighted by atomic mass is 10.0. The average molecular weight is 830 g/mol. The maximum absolute atomic E-state index is 6.67. The van der Waals surface area contributed by atoms with E-state index in [-0.39, 0.29) is 0 Å². The summed E-state index contributed by atoms with van der Waals surface area (Å²) in [4.78, 5) is 16.5. The lowest BCUT2D eigenvalue weighted by Gasteiger charge is -2.16. The van der Waals surface area contributed by atoms with Crippen molar-refractivity contribution in [2.24, 2.45) is 0 Å². The monoisotopic (exact) mass is 829 g/mol. The molecule has 0 spiro atoms. The fourth-order valence-electron chi connectivity index (χ4n) is 10.3. The number of para-hydroxylation sites is 3. The van der Waals surface area contributed by atoms with Crippen LogP contribution in [0.15, 0.2) is 217 Å². The van der Waals surface area contributed by atoms with Crippen molar-refractivity contribution in [2.45, 2.75) is 0 Å². The molecule has 0 saturated heterocycles.